The Labute approximate surface area is 124 Å². The largest absolute Gasteiger partial charge is 0.493 e. The Hall–Kier alpha value is -1.86. The fourth-order valence-corrected chi connectivity index (χ4v) is 2.14. The maximum Gasteiger partial charge on any atom is 0.163 e. The van der Waals surface area contributed by atoms with Crippen molar-refractivity contribution in [2.45, 2.75) is 26.1 Å². The lowest BCUT2D eigenvalue weighted by Gasteiger charge is -2.15. The van der Waals surface area contributed by atoms with Crippen LogP contribution in [-0.2, 0) is 13.1 Å². The molecule has 0 spiro atoms. The van der Waals surface area contributed by atoms with Crippen molar-refractivity contribution in [1.29, 1.82) is 0 Å². The van der Waals surface area contributed by atoms with Crippen LogP contribution in [0.4, 0.5) is 0 Å². The van der Waals surface area contributed by atoms with Crippen molar-refractivity contribution in [2.75, 3.05) is 27.7 Å². The summed E-state index contributed by atoms with van der Waals surface area (Å²) in [5, 5.41) is 19.2. The lowest BCUT2D eigenvalue weighted by Crippen LogP contribution is -2.21. The van der Waals surface area contributed by atoms with Crippen molar-refractivity contribution >= 4 is 0 Å². The van der Waals surface area contributed by atoms with E-state index in [4.69, 9.17) is 4.74 Å². The molecule has 2 aromatic rings. The summed E-state index contributed by atoms with van der Waals surface area (Å²) >= 11 is 0. The van der Waals surface area contributed by atoms with Gasteiger partial charge in [-0.05, 0) is 21.0 Å². The van der Waals surface area contributed by atoms with Crippen LogP contribution in [0.15, 0.2) is 18.6 Å². The van der Waals surface area contributed by atoms with Gasteiger partial charge in [0.2, 0.25) is 0 Å². The Morgan fingerprint density at radius 1 is 1.33 bits per heavy atom. The van der Waals surface area contributed by atoms with E-state index in [9.17, 15) is 5.11 Å². The third-order valence-electron chi connectivity index (χ3n) is 3.38. The molecule has 0 aliphatic rings. The van der Waals surface area contributed by atoms with Crippen molar-refractivity contribution in [1.82, 2.24) is 24.5 Å². The van der Waals surface area contributed by atoms with Gasteiger partial charge in [-0.1, -0.05) is 0 Å². The highest BCUT2D eigenvalue weighted by Crippen LogP contribution is 2.29. The zero-order chi connectivity index (χ0) is 15.4. The molecule has 0 fully saturated rings. The standard InChI is InChI=1S/C14H23N5O2/c1-5-18-10-11(8-15-18)14(20)13-12(21-4)9-16-19(13)7-6-17(2)3/h8-10,14,20H,5-7H2,1-4H3. The second kappa shape index (κ2) is 6.73. The third-order valence-corrected chi connectivity index (χ3v) is 3.38. The molecule has 1 N–H and O–H groups in total. The molecule has 2 rings (SSSR count). The van der Waals surface area contributed by atoms with E-state index >= 15 is 0 Å². The van der Waals surface area contributed by atoms with E-state index in [1.807, 2.05) is 27.2 Å². The highest BCUT2D eigenvalue weighted by atomic mass is 16.5. The first-order valence-corrected chi connectivity index (χ1v) is 7.01. The molecule has 2 aromatic heterocycles. The van der Waals surface area contributed by atoms with Gasteiger partial charge < -0.3 is 14.7 Å². The number of rotatable bonds is 7. The molecular formula is C14H23N5O2. The van der Waals surface area contributed by atoms with Crippen molar-refractivity contribution in [3.05, 3.63) is 29.8 Å². The molecule has 0 aromatic carbocycles. The predicted octanol–water partition coefficient (Wildman–Crippen LogP) is 0.751. The average molecular weight is 293 g/mol. The molecule has 116 valence electrons. The summed E-state index contributed by atoms with van der Waals surface area (Å²) in [6, 6.07) is 0. The van der Waals surface area contributed by atoms with Gasteiger partial charge in [-0.3, -0.25) is 9.36 Å². The van der Waals surface area contributed by atoms with Crippen molar-refractivity contribution in [3.8, 4) is 5.75 Å². The molecule has 1 unspecified atom stereocenters. The molecule has 0 aliphatic carbocycles. The van der Waals surface area contributed by atoms with Gasteiger partial charge in [0, 0.05) is 24.8 Å². The Bertz CT molecular complexity index is 576. The van der Waals surface area contributed by atoms with Gasteiger partial charge in [-0.25, -0.2) is 0 Å². The second-order valence-electron chi connectivity index (χ2n) is 5.16. The number of aromatic nitrogens is 4. The molecule has 2 heterocycles. The van der Waals surface area contributed by atoms with Crippen molar-refractivity contribution < 1.29 is 9.84 Å². The molecule has 7 heteroatoms. The monoisotopic (exact) mass is 293 g/mol. The van der Waals surface area contributed by atoms with E-state index in [-0.39, 0.29) is 0 Å². The minimum absolute atomic E-state index is 0.588. The van der Waals surface area contributed by atoms with E-state index in [2.05, 4.69) is 15.1 Å². The Morgan fingerprint density at radius 3 is 2.67 bits per heavy atom. The number of aliphatic hydroxyl groups is 1. The predicted molar refractivity (Wildman–Crippen MR) is 79.3 cm³/mol. The maximum atomic E-state index is 10.6. The summed E-state index contributed by atoms with van der Waals surface area (Å²) < 4.78 is 8.89. The average Bonchev–Trinajstić information content (AvgIpc) is 3.10. The summed E-state index contributed by atoms with van der Waals surface area (Å²) in [4.78, 5) is 2.07. The number of hydrogen-bond donors (Lipinski definition) is 1. The minimum Gasteiger partial charge on any atom is -0.493 e. The number of hydrogen-bond acceptors (Lipinski definition) is 5. The first-order valence-electron chi connectivity index (χ1n) is 7.01. The Morgan fingerprint density at radius 2 is 2.10 bits per heavy atom. The number of methoxy groups -OCH3 is 1. The van der Waals surface area contributed by atoms with Crippen LogP contribution in [0.5, 0.6) is 5.75 Å². The quantitative estimate of drug-likeness (QED) is 0.816. The highest BCUT2D eigenvalue weighted by molar-refractivity contribution is 5.33. The van der Waals surface area contributed by atoms with Gasteiger partial charge in [0.1, 0.15) is 11.8 Å². The van der Waals surface area contributed by atoms with Gasteiger partial charge >= 0.3 is 0 Å². The second-order valence-corrected chi connectivity index (χ2v) is 5.16. The molecule has 0 saturated carbocycles. The van der Waals surface area contributed by atoms with Crippen molar-refractivity contribution in [3.63, 3.8) is 0 Å². The number of aliphatic hydroxyl groups excluding tert-OH is 1. The summed E-state index contributed by atoms with van der Waals surface area (Å²) in [5.74, 6) is 0.588. The summed E-state index contributed by atoms with van der Waals surface area (Å²) in [6.07, 6.45) is 4.35. The SMILES string of the molecule is CCn1cc(C(O)c2c(OC)cnn2CCN(C)C)cn1. The van der Waals surface area contributed by atoms with Crippen LogP contribution in [-0.4, -0.2) is 57.3 Å². The summed E-state index contributed by atoms with van der Waals surface area (Å²) in [6.45, 7) is 4.29. The molecule has 7 nitrogen and oxygen atoms in total. The Balaban J connectivity index is 2.29. The fraction of sp³-hybridized carbons (Fsp3) is 0.571. The molecule has 21 heavy (non-hydrogen) atoms. The topological polar surface area (TPSA) is 68.3 Å². The number of likely N-dealkylation sites (N-methyl/N-ethyl adjacent to an activating group) is 1. The smallest absolute Gasteiger partial charge is 0.163 e. The van der Waals surface area contributed by atoms with Crippen molar-refractivity contribution in [2.24, 2.45) is 0 Å². The third kappa shape index (κ3) is 3.43. The summed E-state index contributed by atoms with van der Waals surface area (Å²) in [7, 11) is 5.59. The molecule has 0 radical (unpaired) electrons. The molecule has 0 aliphatic heterocycles. The van der Waals surface area contributed by atoms with E-state index in [1.165, 1.54) is 0 Å². The summed E-state index contributed by atoms with van der Waals surface area (Å²) in [5.41, 5.74) is 1.40. The van der Waals surface area contributed by atoms with E-state index in [0.29, 0.717) is 18.0 Å². The van der Waals surface area contributed by atoms with Crippen LogP contribution in [0.25, 0.3) is 0 Å². The van der Waals surface area contributed by atoms with Crippen LogP contribution < -0.4 is 4.74 Å². The zero-order valence-corrected chi connectivity index (χ0v) is 13.0. The first kappa shape index (κ1) is 15.5. The zero-order valence-electron chi connectivity index (χ0n) is 13.0. The van der Waals surface area contributed by atoms with Gasteiger partial charge in [0.15, 0.2) is 5.75 Å². The highest BCUT2D eigenvalue weighted by Gasteiger charge is 2.22. The number of ether oxygens (including phenoxy) is 1. The van der Waals surface area contributed by atoms with Crippen LogP contribution >= 0.6 is 0 Å². The van der Waals surface area contributed by atoms with E-state index in [1.54, 1.807) is 28.9 Å². The first-order chi connectivity index (χ1) is 10.1. The maximum absolute atomic E-state index is 10.6. The Kier molecular flexibility index (Phi) is 4.98. The van der Waals surface area contributed by atoms with Crippen LogP contribution in [0.2, 0.25) is 0 Å². The van der Waals surface area contributed by atoms with Gasteiger partial charge in [0.25, 0.3) is 0 Å². The van der Waals surface area contributed by atoms with E-state index < -0.39 is 6.10 Å². The fourth-order valence-electron chi connectivity index (χ4n) is 2.14. The number of aryl methyl sites for hydroxylation is 1. The van der Waals surface area contributed by atoms with E-state index in [0.717, 1.165) is 18.7 Å². The van der Waals surface area contributed by atoms with Gasteiger partial charge in [-0.2, -0.15) is 10.2 Å². The molecule has 0 bridgehead atoms. The molecular weight excluding hydrogens is 270 g/mol. The normalized spacial score (nSPS) is 12.9. The minimum atomic E-state index is -0.801. The lowest BCUT2D eigenvalue weighted by molar-refractivity contribution is 0.200. The van der Waals surface area contributed by atoms with Crippen LogP contribution in [0, 0.1) is 0 Å². The molecule has 1 atom stereocenters. The number of nitrogens with zero attached hydrogens (tertiary/aromatic N) is 5. The van der Waals surface area contributed by atoms with Gasteiger partial charge in [0.05, 0.1) is 26.0 Å². The van der Waals surface area contributed by atoms with Crippen LogP contribution in [0.3, 0.4) is 0 Å². The molecule has 0 saturated heterocycles. The lowest BCUT2D eigenvalue weighted by atomic mass is 10.1. The van der Waals surface area contributed by atoms with Gasteiger partial charge in [-0.15, -0.1) is 0 Å². The molecule has 0 amide bonds. The van der Waals surface area contributed by atoms with Crippen LogP contribution in [0.1, 0.15) is 24.3 Å².